The number of hydrogen-bond donors (Lipinski definition) is 0. The zero-order valence-electron chi connectivity index (χ0n) is 11.0. The Morgan fingerprint density at radius 3 is 3.06 bits per heavy atom. The van der Waals surface area contributed by atoms with Gasteiger partial charge in [0.25, 0.3) is 0 Å². The molecule has 3 nitrogen and oxygen atoms in total. The van der Waals surface area contributed by atoms with Gasteiger partial charge in [-0.05, 0) is 30.7 Å². The van der Waals surface area contributed by atoms with E-state index in [0.29, 0.717) is 12.0 Å². The fourth-order valence-corrected chi connectivity index (χ4v) is 3.77. The van der Waals surface area contributed by atoms with Crippen molar-refractivity contribution in [2.75, 3.05) is 11.5 Å². The van der Waals surface area contributed by atoms with Gasteiger partial charge in [0.05, 0.1) is 0 Å². The van der Waals surface area contributed by atoms with Crippen molar-refractivity contribution in [1.82, 2.24) is 14.5 Å². The van der Waals surface area contributed by atoms with Gasteiger partial charge in [-0.1, -0.05) is 13.8 Å². The van der Waals surface area contributed by atoms with Gasteiger partial charge >= 0.3 is 0 Å². The largest absolute Gasteiger partial charge is 0.309 e. The first-order valence-corrected chi connectivity index (χ1v) is 7.83. The number of hydrogen-bond acceptors (Lipinski definition) is 3. The first kappa shape index (κ1) is 12.0. The van der Waals surface area contributed by atoms with Crippen molar-refractivity contribution in [2.24, 2.45) is 0 Å². The summed E-state index contributed by atoms with van der Waals surface area (Å²) in [5, 5.41) is 0. The summed E-state index contributed by atoms with van der Waals surface area (Å²) in [6.07, 6.45) is 4.44. The Kier molecular flexibility index (Phi) is 3.29. The standard InChI is InChI=1S/C14H19N3S/c1-10(2)13-16-12-6-3-7-15-14(12)17(13)11-5-4-8-18-9-11/h3,6-7,10-11H,4-5,8-9H2,1-2H3. The number of pyridine rings is 1. The van der Waals surface area contributed by atoms with E-state index in [1.165, 1.54) is 30.2 Å². The lowest BCUT2D eigenvalue weighted by Crippen LogP contribution is -2.19. The molecule has 0 aromatic carbocycles. The second-order valence-corrected chi connectivity index (χ2v) is 6.36. The second-order valence-electron chi connectivity index (χ2n) is 5.21. The minimum Gasteiger partial charge on any atom is -0.309 e. The van der Waals surface area contributed by atoms with Gasteiger partial charge in [0.2, 0.25) is 0 Å². The third-order valence-electron chi connectivity index (χ3n) is 3.49. The Morgan fingerprint density at radius 2 is 2.33 bits per heavy atom. The molecule has 18 heavy (non-hydrogen) atoms. The van der Waals surface area contributed by atoms with E-state index in [2.05, 4.69) is 41.2 Å². The van der Waals surface area contributed by atoms with Gasteiger partial charge < -0.3 is 4.57 Å². The number of fused-ring (bicyclic) bond motifs is 1. The molecule has 1 unspecified atom stereocenters. The average Bonchev–Trinajstić information content (AvgIpc) is 2.79. The van der Waals surface area contributed by atoms with Gasteiger partial charge in [0.1, 0.15) is 11.3 Å². The van der Waals surface area contributed by atoms with E-state index in [4.69, 9.17) is 4.98 Å². The van der Waals surface area contributed by atoms with Gasteiger partial charge in [0.15, 0.2) is 5.65 Å². The van der Waals surface area contributed by atoms with E-state index < -0.39 is 0 Å². The van der Waals surface area contributed by atoms with Gasteiger partial charge in [-0.2, -0.15) is 11.8 Å². The normalized spacial score (nSPS) is 20.7. The van der Waals surface area contributed by atoms with E-state index in [9.17, 15) is 0 Å². The van der Waals surface area contributed by atoms with E-state index >= 15 is 0 Å². The Hall–Kier alpha value is -1.03. The van der Waals surface area contributed by atoms with E-state index in [0.717, 1.165) is 11.2 Å². The molecule has 1 aliphatic heterocycles. The first-order chi connectivity index (χ1) is 8.77. The Bertz CT molecular complexity index is 541. The lowest BCUT2D eigenvalue weighted by molar-refractivity contribution is 0.482. The molecule has 0 N–H and O–H groups in total. The number of imidazole rings is 1. The topological polar surface area (TPSA) is 30.7 Å². The molecular formula is C14H19N3S. The fraction of sp³-hybridized carbons (Fsp3) is 0.571. The van der Waals surface area contributed by atoms with Gasteiger partial charge in [-0.25, -0.2) is 9.97 Å². The highest BCUT2D eigenvalue weighted by molar-refractivity contribution is 7.99. The molecule has 0 spiro atoms. The van der Waals surface area contributed by atoms with Crippen molar-refractivity contribution in [3.8, 4) is 0 Å². The van der Waals surface area contributed by atoms with Crippen LogP contribution < -0.4 is 0 Å². The quantitative estimate of drug-likeness (QED) is 0.827. The third kappa shape index (κ3) is 2.03. The monoisotopic (exact) mass is 261 g/mol. The lowest BCUT2D eigenvalue weighted by Gasteiger charge is -2.25. The third-order valence-corrected chi connectivity index (χ3v) is 4.69. The van der Waals surface area contributed by atoms with Crippen molar-refractivity contribution in [2.45, 2.75) is 38.6 Å². The maximum Gasteiger partial charge on any atom is 0.160 e. The summed E-state index contributed by atoms with van der Waals surface area (Å²) in [6, 6.07) is 4.61. The van der Waals surface area contributed by atoms with Gasteiger partial charge in [-0.3, -0.25) is 0 Å². The molecule has 3 heterocycles. The first-order valence-electron chi connectivity index (χ1n) is 6.68. The predicted octanol–water partition coefficient (Wildman–Crippen LogP) is 3.62. The minimum atomic E-state index is 0.450. The summed E-state index contributed by atoms with van der Waals surface area (Å²) in [4.78, 5) is 9.33. The molecule has 4 heteroatoms. The molecule has 2 aromatic rings. The summed E-state index contributed by atoms with van der Waals surface area (Å²) in [5.74, 6) is 4.14. The van der Waals surface area contributed by atoms with Crippen LogP contribution in [0.25, 0.3) is 11.2 Å². The SMILES string of the molecule is CC(C)c1nc2cccnc2n1C1CCCSC1. The molecule has 1 fully saturated rings. The van der Waals surface area contributed by atoms with Crippen molar-refractivity contribution >= 4 is 22.9 Å². The summed E-state index contributed by atoms with van der Waals surface area (Å²) < 4.78 is 2.40. The maximum absolute atomic E-state index is 4.78. The number of thioether (sulfide) groups is 1. The summed E-state index contributed by atoms with van der Waals surface area (Å²) in [5.41, 5.74) is 2.10. The zero-order valence-corrected chi connectivity index (χ0v) is 11.8. The molecule has 0 amide bonds. The van der Waals surface area contributed by atoms with Crippen LogP contribution in [0.2, 0.25) is 0 Å². The van der Waals surface area contributed by atoms with Crippen LogP contribution in [0.15, 0.2) is 18.3 Å². The van der Waals surface area contributed by atoms with Crippen LogP contribution in [-0.2, 0) is 0 Å². The maximum atomic E-state index is 4.78. The molecule has 3 rings (SSSR count). The van der Waals surface area contributed by atoms with Crippen LogP contribution in [-0.4, -0.2) is 26.0 Å². The smallest absolute Gasteiger partial charge is 0.160 e. The molecule has 96 valence electrons. The molecule has 0 aliphatic carbocycles. The van der Waals surface area contributed by atoms with Crippen LogP contribution in [0.1, 0.15) is 44.5 Å². The van der Waals surface area contributed by atoms with Crippen LogP contribution in [0.4, 0.5) is 0 Å². The number of nitrogens with zero attached hydrogens (tertiary/aromatic N) is 3. The molecule has 1 aliphatic rings. The van der Waals surface area contributed by atoms with Crippen LogP contribution in [0.5, 0.6) is 0 Å². The van der Waals surface area contributed by atoms with Crippen molar-refractivity contribution in [1.29, 1.82) is 0 Å². The molecule has 0 radical (unpaired) electrons. The lowest BCUT2D eigenvalue weighted by atomic mass is 10.1. The van der Waals surface area contributed by atoms with E-state index in [-0.39, 0.29) is 0 Å². The second kappa shape index (κ2) is 4.92. The molecule has 2 aromatic heterocycles. The van der Waals surface area contributed by atoms with Crippen LogP contribution in [0.3, 0.4) is 0 Å². The van der Waals surface area contributed by atoms with Crippen molar-refractivity contribution in [3.63, 3.8) is 0 Å². The van der Waals surface area contributed by atoms with Gasteiger partial charge in [0, 0.05) is 23.9 Å². The van der Waals surface area contributed by atoms with E-state index in [1.54, 1.807) is 0 Å². The highest BCUT2D eigenvalue weighted by Crippen LogP contribution is 2.32. The van der Waals surface area contributed by atoms with Crippen molar-refractivity contribution < 1.29 is 0 Å². The molecule has 1 atom stereocenters. The molecular weight excluding hydrogens is 242 g/mol. The highest BCUT2D eigenvalue weighted by atomic mass is 32.2. The molecule has 0 bridgehead atoms. The highest BCUT2D eigenvalue weighted by Gasteiger charge is 2.23. The summed E-state index contributed by atoms with van der Waals surface area (Å²) in [6.45, 7) is 4.43. The Balaban J connectivity index is 2.14. The van der Waals surface area contributed by atoms with E-state index in [1.807, 2.05) is 12.3 Å². The number of aromatic nitrogens is 3. The average molecular weight is 261 g/mol. The number of rotatable bonds is 2. The Morgan fingerprint density at radius 1 is 1.44 bits per heavy atom. The zero-order chi connectivity index (χ0) is 12.5. The Labute approximate surface area is 112 Å². The molecule has 0 saturated carbocycles. The summed E-state index contributed by atoms with van der Waals surface area (Å²) >= 11 is 2.05. The predicted molar refractivity (Wildman–Crippen MR) is 77.2 cm³/mol. The van der Waals surface area contributed by atoms with Crippen LogP contribution >= 0.6 is 11.8 Å². The van der Waals surface area contributed by atoms with Crippen molar-refractivity contribution in [3.05, 3.63) is 24.2 Å². The van der Waals surface area contributed by atoms with Gasteiger partial charge in [-0.15, -0.1) is 0 Å². The fourth-order valence-electron chi connectivity index (χ4n) is 2.64. The summed E-state index contributed by atoms with van der Waals surface area (Å²) in [7, 11) is 0. The minimum absolute atomic E-state index is 0.450. The van der Waals surface area contributed by atoms with Crippen LogP contribution in [0, 0.1) is 0 Å². The molecule has 1 saturated heterocycles.